The summed E-state index contributed by atoms with van der Waals surface area (Å²) in [6.07, 6.45) is -4.43. The van der Waals surface area contributed by atoms with Crippen molar-refractivity contribution < 1.29 is 26.0 Å². The van der Waals surface area contributed by atoms with E-state index in [0.717, 1.165) is 12.1 Å². The highest BCUT2D eigenvalue weighted by Gasteiger charge is 2.32. The third-order valence-electron chi connectivity index (χ3n) is 5.01. The van der Waals surface area contributed by atoms with Crippen LogP contribution in [0.5, 0.6) is 0 Å². The highest BCUT2D eigenvalue weighted by Crippen LogP contribution is 2.32. The van der Waals surface area contributed by atoms with Crippen LogP contribution in [0.4, 0.5) is 18.9 Å². The number of fused-ring (bicyclic) bond motifs is 1. The minimum absolute atomic E-state index is 0.0661. The molecular formula is C20H17F3N2O4S. The standard InChI is InChI=1S/C20H17F3N2O4S/c21-20(22,23)15-2-1-3-16(13-15)24-8-10-25(11-9-24)30(27,28)17-5-6-18-14(12-17)4-7-19(26)29-18/h1-7,12-13H,8-11H2. The Labute approximate surface area is 170 Å². The van der Waals surface area contributed by atoms with E-state index in [4.69, 9.17) is 4.42 Å². The second-order valence-electron chi connectivity index (χ2n) is 6.89. The first-order valence-corrected chi connectivity index (χ1v) is 10.5. The molecule has 1 aliphatic heterocycles. The fourth-order valence-electron chi connectivity index (χ4n) is 3.43. The molecule has 1 saturated heterocycles. The van der Waals surface area contributed by atoms with Crippen molar-refractivity contribution in [1.82, 2.24) is 4.31 Å². The van der Waals surface area contributed by atoms with Crippen LogP contribution in [0.1, 0.15) is 5.56 Å². The van der Waals surface area contributed by atoms with E-state index < -0.39 is 27.4 Å². The number of halogens is 3. The molecule has 0 aliphatic carbocycles. The Kier molecular flexibility index (Phi) is 5.07. The molecule has 158 valence electrons. The molecule has 2 aromatic carbocycles. The zero-order valence-electron chi connectivity index (χ0n) is 15.6. The van der Waals surface area contributed by atoms with Crippen molar-refractivity contribution in [3.8, 4) is 0 Å². The van der Waals surface area contributed by atoms with Crippen molar-refractivity contribution in [3.05, 3.63) is 70.6 Å². The quantitative estimate of drug-likeness (QED) is 0.587. The molecule has 30 heavy (non-hydrogen) atoms. The average Bonchev–Trinajstić information content (AvgIpc) is 2.73. The lowest BCUT2D eigenvalue weighted by Gasteiger charge is -2.35. The number of hydrogen-bond donors (Lipinski definition) is 0. The molecule has 6 nitrogen and oxygen atoms in total. The van der Waals surface area contributed by atoms with Gasteiger partial charge in [0.15, 0.2) is 0 Å². The summed E-state index contributed by atoms with van der Waals surface area (Å²) in [5.74, 6) is 0. The molecule has 3 aromatic rings. The zero-order chi connectivity index (χ0) is 21.5. The fraction of sp³-hybridized carbons (Fsp3) is 0.250. The van der Waals surface area contributed by atoms with Crippen molar-refractivity contribution in [3.63, 3.8) is 0 Å². The van der Waals surface area contributed by atoms with E-state index in [1.807, 2.05) is 0 Å². The topological polar surface area (TPSA) is 70.8 Å². The van der Waals surface area contributed by atoms with Gasteiger partial charge in [-0.3, -0.25) is 0 Å². The Morgan fingerprint density at radius 3 is 2.33 bits per heavy atom. The summed E-state index contributed by atoms with van der Waals surface area (Å²) < 4.78 is 71.1. The fourth-order valence-corrected chi connectivity index (χ4v) is 4.88. The Bertz CT molecular complexity index is 1250. The third-order valence-corrected chi connectivity index (χ3v) is 6.90. The monoisotopic (exact) mass is 438 g/mol. The van der Waals surface area contributed by atoms with Crippen molar-refractivity contribution in [2.24, 2.45) is 0 Å². The lowest BCUT2D eigenvalue weighted by atomic mass is 10.1. The first kappa shape index (κ1) is 20.4. The summed E-state index contributed by atoms with van der Waals surface area (Å²) >= 11 is 0. The van der Waals surface area contributed by atoms with Crippen LogP contribution in [0, 0.1) is 0 Å². The zero-order valence-corrected chi connectivity index (χ0v) is 16.4. The van der Waals surface area contributed by atoms with E-state index in [2.05, 4.69) is 0 Å². The minimum Gasteiger partial charge on any atom is -0.423 e. The van der Waals surface area contributed by atoms with Crippen LogP contribution in [0.15, 0.2) is 68.7 Å². The van der Waals surface area contributed by atoms with Gasteiger partial charge in [0, 0.05) is 43.3 Å². The molecule has 0 unspecified atom stereocenters. The minimum atomic E-state index is -4.43. The molecular weight excluding hydrogens is 421 g/mol. The van der Waals surface area contributed by atoms with Crippen molar-refractivity contribution >= 4 is 26.7 Å². The molecule has 0 bridgehead atoms. The van der Waals surface area contributed by atoms with Crippen molar-refractivity contribution in [2.75, 3.05) is 31.1 Å². The highest BCUT2D eigenvalue weighted by molar-refractivity contribution is 7.89. The maximum absolute atomic E-state index is 13.0. The normalized spacial score (nSPS) is 16.2. The van der Waals surface area contributed by atoms with Gasteiger partial charge >= 0.3 is 11.8 Å². The third kappa shape index (κ3) is 3.92. The number of hydrogen-bond acceptors (Lipinski definition) is 5. The Morgan fingerprint density at radius 1 is 0.900 bits per heavy atom. The van der Waals surface area contributed by atoms with E-state index in [9.17, 15) is 26.4 Å². The molecule has 0 atom stereocenters. The van der Waals surface area contributed by atoms with Gasteiger partial charge in [0.05, 0.1) is 10.5 Å². The van der Waals surface area contributed by atoms with E-state index in [-0.39, 0.29) is 36.7 Å². The van der Waals surface area contributed by atoms with Crippen LogP contribution in [0.3, 0.4) is 0 Å². The molecule has 4 rings (SSSR count). The number of rotatable bonds is 3. The van der Waals surface area contributed by atoms with Gasteiger partial charge in [-0.05, 0) is 42.5 Å². The summed E-state index contributed by atoms with van der Waals surface area (Å²) in [5.41, 5.74) is -0.569. The van der Waals surface area contributed by atoms with Gasteiger partial charge in [-0.2, -0.15) is 17.5 Å². The number of benzene rings is 2. The molecule has 1 fully saturated rings. The van der Waals surface area contributed by atoms with Crippen LogP contribution >= 0.6 is 0 Å². The Balaban J connectivity index is 1.52. The number of anilines is 1. The Morgan fingerprint density at radius 2 is 1.63 bits per heavy atom. The summed E-state index contributed by atoms with van der Waals surface area (Å²) in [6, 6.07) is 12.0. The summed E-state index contributed by atoms with van der Waals surface area (Å²) in [7, 11) is -3.79. The van der Waals surface area contributed by atoms with Crippen LogP contribution in [0.25, 0.3) is 11.0 Å². The maximum atomic E-state index is 13.0. The number of nitrogens with zero attached hydrogens (tertiary/aromatic N) is 2. The second kappa shape index (κ2) is 7.44. The molecule has 1 aliphatic rings. The van der Waals surface area contributed by atoms with E-state index in [1.54, 1.807) is 11.0 Å². The van der Waals surface area contributed by atoms with Gasteiger partial charge in [-0.25, -0.2) is 13.2 Å². The van der Waals surface area contributed by atoms with Crippen molar-refractivity contribution in [2.45, 2.75) is 11.1 Å². The van der Waals surface area contributed by atoms with Gasteiger partial charge in [-0.1, -0.05) is 6.07 Å². The van der Waals surface area contributed by atoms with Gasteiger partial charge in [0.25, 0.3) is 0 Å². The summed E-state index contributed by atoms with van der Waals surface area (Å²) in [5, 5.41) is 0.485. The first-order valence-electron chi connectivity index (χ1n) is 9.11. The lowest BCUT2D eigenvalue weighted by Crippen LogP contribution is -2.48. The highest BCUT2D eigenvalue weighted by atomic mass is 32.2. The van der Waals surface area contributed by atoms with Gasteiger partial charge in [-0.15, -0.1) is 0 Å². The predicted octanol–water partition coefficient (Wildman–Crippen LogP) is 3.32. The van der Waals surface area contributed by atoms with Crippen LogP contribution < -0.4 is 10.5 Å². The SMILES string of the molecule is O=c1ccc2cc(S(=O)(=O)N3CCN(c4cccc(C(F)(F)F)c4)CC3)ccc2o1. The molecule has 0 radical (unpaired) electrons. The first-order chi connectivity index (χ1) is 14.1. The predicted molar refractivity (Wildman–Crippen MR) is 105 cm³/mol. The summed E-state index contributed by atoms with van der Waals surface area (Å²) in [4.78, 5) is 13.1. The van der Waals surface area contributed by atoms with Gasteiger partial charge in [0.1, 0.15) is 5.58 Å². The Hall–Kier alpha value is -2.85. The molecule has 0 N–H and O–H groups in total. The van der Waals surface area contributed by atoms with Crippen LogP contribution in [0.2, 0.25) is 0 Å². The van der Waals surface area contributed by atoms with E-state index >= 15 is 0 Å². The van der Waals surface area contributed by atoms with Gasteiger partial charge in [0.2, 0.25) is 10.0 Å². The maximum Gasteiger partial charge on any atom is 0.416 e. The van der Waals surface area contributed by atoms with Crippen LogP contribution in [-0.2, 0) is 16.2 Å². The van der Waals surface area contributed by atoms with E-state index in [0.29, 0.717) is 11.1 Å². The van der Waals surface area contributed by atoms with Gasteiger partial charge < -0.3 is 9.32 Å². The number of piperazine rings is 1. The second-order valence-corrected chi connectivity index (χ2v) is 8.83. The molecule has 2 heterocycles. The summed E-state index contributed by atoms with van der Waals surface area (Å²) in [6.45, 7) is 0.812. The molecule has 1 aromatic heterocycles. The van der Waals surface area contributed by atoms with Crippen molar-refractivity contribution in [1.29, 1.82) is 0 Å². The number of sulfonamides is 1. The smallest absolute Gasteiger partial charge is 0.416 e. The van der Waals surface area contributed by atoms with Crippen LogP contribution in [-0.4, -0.2) is 38.9 Å². The molecule has 0 saturated carbocycles. The molecule has 0 amide bonds. The molecule has 10 heteroatoms. The number of alkyl halides is 3. The largest absolute Gasteiger partial charge is 0.423 e. The average molecular weight is 438 g/mol. The molecule has 0 spiro atoms. The lowest BCUT2D eigenvalue weighted by molar-refractivity contribution is -0.137. The van der Waals surface area contributed by atoms with E-state index in [1.165, 1.54) is 40.7 Å².